The number of aromatic nitrogens is 1. The van der Waals surface area contributed by atoms with Crippen LogP contribution in [0.3, 0.4) is 0 Å². The highest BCUT2D eigenvalue weighted by atomic mass is 16.2. The molecule has 0 N–H and O–H groups in total. The Labute approximate surface area is 154 Å². The van der Waals surface area contributed by atoms with Crippen LogP contribution in [0.1, 0.15) is 17.2 Å². The first kappa shape index (κ1) is 17.9. The van der Waals surface area contributed by atoms with Crippen LogP contribution in [0.2, 0.25) is 0 Å². The lowest BCUT2D eigenvalue weighted by Crippen LogP contribution is -2.51. The Kier molecular flexibility index (Phi) is 5.49. The molecule has 1 amide bonds. The molecule has 1 aliphatic rings. The van der Waals surface area contributed by atoms with E-state index in [-0.39, 0.29) is 11.9 Å². The summed E-state index contributed by atoms with van der Waals surface area (Å²) >= 11 is 0. The fourth-order valence-corrected chi connectivity index (χ4v) is 3.29. The van der Waals surface area contributed by atoms with Crippen molar-refractivity contribution >= 4 is 11.7 Å². The molecule has 1 fully saturated rings. The minimum absolute atomic E-state index is 0.125. The zero-order valence-electron chi connectivity index (χ0n) is 15.2. The van der Waals surface area contributed by atoms with Crippen molar-refractivity contribution in [3.05, 3.63) is 59.8 Å². The van der Waals surface area contributed by atoms with Crippen molar-refractivity contribution in [3.8, 4) is 6.07 Å². The van der Waals surface area contributed by atoms with Crippen LogP contribution in [0.5, 0.6) is 0 Å². The van der Waals surface area contributed by atoms with Gasteiger partial charge in [-0.1, -0.05) is 30.3 Å². The second-order valence-corrected chi connectivity index (χ2v) is 6.60. The Morgan fingerprint density at radius 2 is 1.85 bits per heavy atom. The molecule has 6 nitrogen and oxygen atoms in total. The highest BCUT2D eigenvalue weighted by molar-refractivity contribution is 5.83. The van der Waals surface area contributed by atoms with Gasteiger partial charge in [0, 0.05) is 32.4 Å². The van der Waals surface area contributed by atoms with Crippen molar-refractivity contribution in [3.63, 3.8) is 0 Å². The Balaban J connectivity index is 1.68. The maximum Gasteiger partial charge on any atom is 0.244 e. The van der Waals surface area contributed by atoms with Crippen molar-refractivity contribution in [2.24, 2.45) is 0 Å². The molecule has 1 aromatic heterocycles. The van der Waals surface area contributed by atoms with Gasteiger partial charge in [-0.3, -0.25) is 9.69 Å². The van der Waals surface area contributed by atoms with Gasteiger partial charge >= 0.3 is 0 Å². The van der Waals surface area contributed by atoms with Crippen molar-refractivity contribution in [1.82, 2.24) is 14.8 Å². The van der Waals surface area contributed by atoms with Gasteiger partial charge in [-0.05, 0) is 31.8 Å². The molecule has 26 heavy (non-hydrogen) atoms. The number of hydrogen-bond acceptors (Lipinski definition) is 5. The molecular weight excluding hydrogens is 326 g/mol. The molecular formula is C20H23N5O. The van der Waals surface area contributed by atoms with Gasteiger partial charge in [0.2, 0.25) is 5.91 Å². The number of nitrogens with zero attached hydrogens (tertiary/aromatic N) is 5. The summed E-state index contributed by atoms with van der Waals surface area (Å²) in [7, 11) is 3.87. The largest absolute Gasteiger partial charge is 0.353 e. The van der Waals surface area contributed by atoms with E-state index in [9.17, 15) is 4.79 Å². The minimum Gasteiger partial charge on any atom is -0.353 e. The van der Waals surface area contributed by atoms with E-state index in [0.29, 0.717) is 31.7 Å². The molecule has 1 aromatic carbocycles. The van der Waals surface area contributed by atoms with Gasteiger partial charge in [0.15, 0.2) is 0 Å². The summed E-state index contributed by atoms with van der Waals surface area (Å²) in [5.41, 5.74) is 1.61. The van der Waals surface area contributed by atoms with E-state index in [1.807, 2.05) is 54.2 Å². The topological polar surface area (TPSA) is 63.5 Å². The standard InChI is InChI=1S/C20H23N5O/c1-23(2)19(17-6-4-3-5-7-17)20(26)25-12-10-24(11-13-25)18-14-16(15-21)8-9-22-18/h3-9,14,19H,10-13H2,1-2H3/t19-/m1/s1. The average molecular weight is 349 g/mol. The summed E-state index contributed by atoms with van der Waals surface area (Å²) in [4.78, 5) is 23.4. The van der Waals surface area contributed by atoms with Gasteiger partial charge in [0.25, 0.3) is 0 Å². The first-order valence-corrected chi connectivity index (χ1v) is 8.71. The number of benzene rings is 1. The third kappa shape index (κ3) is 3.84. The van der Waals surface area contributed by atoms with Gasteiger partial charge in [0.05, 0.1) is 11.6 Å². The molecule has 0 aliphatic carbocycles. The van der Waals surface area contributed by atoms with E-state index in [1.54, 1.807) is 18.3 Å². The molecule has 0 spiro atoms. The summed E-state index contributed by atoms with van der Waals surface area (Å²) in [6.07, 6.45) is 1.66. The van der Waals surface area contributed by atoms with Crippen molar-refractivity contribution < 1.29 is 4.79 Å². The minimum atomic E-state index is -0.275. The zero-order chi connectivity index (χ0) is 18.5. The predicted octanol–water partition coefficient (Wildman–Crippen LogP) is 1.90. The third-order valence-corrected chi connectivity index (χ3v) is 4.66. The number of piperazine rings is 1. The van der Waals surface area contributed by atoms with E-state index in [2.05, 4.69) is 16.0 Å². The summed E-state index contributed by atoms with van der Waals surface area (Å²) in [5.74, 6) is 0.919. The fourth-order valence-electron chi connectivity index (χ4n) is 3.29. The molecule has 6 heteroatoms. The Morgan fingerprint density at radius 1 is 1.15 bits per heavy atom. The molecule has 0 saturated carbocycles. The number of hydrogen-bond donors (Lipinski definition) is 0. The SMILES string of the molecule is CN(C)[C@@H](C(=O)N1CCN(c2cc(C#N)ccn2)CC1)c1ccccc1. The Bertz CT molecular complexity index is 791. The second-order valence-electron chi connectivity index (χ2n) is 6.60. The number of carbonyl (C=O) groups excluding carboxylic acids is 1. The zero-order valence-corrected chi connectivity index (χ0v) is 15.2. The van der Waals surface area contributed by atoms with Crippen LogP contribution in [0.15, 0.2) is 48.7 Å². The molecule has 2 aromatic rings. The number of pyridine rings is 1. The molecule has 134 valence electrons. The number of nitriles is 1. The Hall–Kier alpha value is -2.91. The molecule has 1 saturated heterocycles. The fraction of sp³-hybridized carbons (Fsp3) is 0.350. The van der Waals surface area contributed by atoms with Crippen LogP contribution >= 0.6 is 0 Å². The molecule has 2 heterocycles. The van der Waals surface area contributed by atoms with Crippen LogP contribution in [-0.4, -0.2) is 61.0 Å². The average Bonchev–Trinajstić information content (AvgIpc) is 2.69. The molecule has 0 bridgehead atoms. The maximum absolute atomic E-state index is 13.1. The molecule has 3 rings (SSSR count). The maximum atomic E-state index is 13.1. The van der Waals surface area contributed by atoms with E-state index in [4.69, 9.17) is 5.26 Å². The van der Waals surface area contributed by atoms with E-state index in [0.717, 1.165) is 11.4 Å². The van der Waals surface area contributed by atoms with E-state index >= 15 is 0 Å². The number of carbonyl (C=O) groups is 1. The van der Waals surface area contributed by atoms with E-state index < -0.39 is 0 Å². The number of rotatable bonds is 4. The first-order chi connectivity index (χ1) is 12.6. The van der Waals surface area contributed by atoms with Crippen LogP contribution < -0.4 is 4.90 Å². The van der Waals surface area contributed by atoms with Crippen LogP contribution in [0.25, 0.3) is 0 Å². The quantitative estimate of drug-likeness (QED) is 0.844. The monoisotopic (exact) mass is 349 g/mol. The number of anilines is 1. The molecule has 1 atom stereocenters. The highest BCUT2D eigenvalue weighted by Crippen LogP contribution is 2.22. The second kappa shape index (κ2) is 7.98. The lowest BCUT2D eigenvalue weighted by atomic mass is 10.0. The van der Waals surface area contributed by atoms with Gasteiger partial charge in [-0.15, -0.1) is 0 Å². The van der Waals surface area contributed by atoms with Gasteiger partial charge in [-0.2, -0.15) is 5.26 Å². The van der Waals surface area contributed by atoms with Crippen molar-refractivity contribution in [1.29, 1.82) is 5.26 Å². The van der Waals surface area contributed by atoms with Crippen molar-refractivity contribution in [2.75, 3.05) is 45.2 Å². The number of likely N-dealkylation sites (N-methyl/N-ethyl adjacent to an activating group) is 1. The summed E-state index contributed by atoms with van der Waals surface area (Å²) in [6, 6.07) is 15.2. The molecule has 0 radical (unpaired) electrons. The van der Waals surface area contributed by atoms with E-state index in [1.165, 1.54) is 0 Å². The summed E-state index contributed by atoms with van der Waals surface area (Å²) < 4.78 is 0. The van der Waals surface area contributed by atoms with Crippen molar-refractivity contribution in [2.45, 2.75) is 6.04 Å². The van der Waals surface area contributed by atoms with Gasteiger partial charge in [-0.25, -0.2) is 4.98 Å². The summed E-state index contributed by atoms with van der Waals surface area (Å²) in [6.45, 7) is 2.72. The predicted molar refractivity (Wildman–Crippen MR) is 101 cm³/mol. The summed E-state index contributed by atoms with van der Waals surface area (Å²) in [5, 5.41) is 9.04. The van der Waals surface area contributed by atoms with Gasteiger partial charge in [0.1, 0.15) is 11.9 Å². The number of amides is 1. The van der Waals surface area contributed by atoms with Crippen LogP contribution in [0.4, 0.5) is 5.82 Å². The first-order valence-electron chi connectivity index (χ1n) is 8.71. The lowest BCUT2D eigenvalue weighted by Gasteiger charge is -2.38. The molecule has 0 unspecified atom stereocenters. The lowest BCUT2D eigenvalue weighted by molar-refractivity contribution is -0.136. The normalized spacial score (nSPS) is 15.6. The third-order valence-electron chi connectivity index (χ3n) is 4.66. The smallest absolute Gasteiger partial charge is 0.244 e. The van der Waals surface area contributed by atoms with Crippen LogP contribution in [-0.2, 0) is 4.79 Å². The van der Waals surface area contributed by atoms with Crippen LogP contribution in [0, 0.1) is 11.3 Å². The van der Waals surface area contributed by atoms with Gasteiger partial charge < -0.3 is 9.80 Å². The Morgan fingerprint density at radius 3 is 2.46 bits per heavy atom. The highest BCUT2D eigenvalue weighted by Gasteiger charge is 2.30. The molecule has 1 aliphatic heterocycles.